The fraction of sp³-hybridized carbons (Fsp3) is 0.400. The summed E-state index contributed by atoms with van der Waals surface area (Å²) in [6.45, 7) is 2.70. The standard InChI is InChI=1S/C15H18N4OS/c20-15(13-2-1-9-21-13)18-10-12-3-7-19(8-4-12)14-11-16-5-6-17-14/h1-2,5-6,9,11-12H,3-4,7-8,10H2,(H,18,20). The van der Waals surface area contributed by atoms with Crippen LogP contribution in [0.25, 0.3) is 0 Å². The average molecular weight is 302 g/mol. The lowest BCUT2D eigenvalue weighted by Crippen LogP contribution is -2.38. The topological polar surface area (TPSA) is 58.1 Å². The first-order valence-corrected chi connectivity index (χ1v) is 8.03. The molecule has 0 bridgehead atoms. The molecule has 0 unspecified atom stereocenters. The van der Waals surface area contributed by atoms with Crippen molar-refractivity contribution in [3.63, 3.8) is 0 Å². The fourth-order valence-electron chi connectivity index (χ4n) is 2.55. The number of nitrogens with one attached hydrogen (secondary N) is 1. The average Bonchev–Trinajstić information content (AvgIpc) is 3.08. The van der Waals surface area contributed by atoms with Crippen molar-refractivity contribution in [3.05, 3.63) is 41.0 Å². The summed E-state index contributed by atoms with van der Waals surface area (Å²) in [6.07, 6.45) is 7.36. The van der Waals surface area contributed by atoms with Gasteiger partial charge < -0.3 is 10.2 Å². The van der Waals surface area contributed by atoms with E-state index in [4.69, 9.17) is 0 Å². The Hall–Kier alpha value is -1.95. The Kier molecular flexibility index (Phi) is 4.45. The van der Waals surface area contributed by atoms with Crippen molar-refractivity contribution in [2.24, 2.45) is 5.92 Å². The van der Waals surface area contributed by atoms with Gasteiger partial charge in [-0.2, -0.15) is 0 Å². The molecule has 1 saturated heterocycles. The number of hydrogen-bond donors (Lipinski definition) is 1. The SMILES string of the molecule is O=C(NCC1CCN(c2cnccn2)CC1)c1cccs1. The van der Waals surface area contributed by atoms with E-state index >= 15 is 0 Å². The second-order valence-corrected chi connectivity index (χ2v) is 6.13. The van der Waals surface area contributed by atoms with Crippen molar-refractivity contribution in [2.75, 3.05) is 24.5 Å². The van der Waals surface area contributed by atoms with Gasteiger partial charge in [-0.25, -0.2) is 4.98 Å². The van der Waals surface area contributed by atoms with Crippen LogP contribution in [0.3, 0.4) is 0 Å². The molecule has 110 valence electrons. The number of amides is 1. The maximum atomic E-state index is 11.9. The van der Waals surface area contributed by atoms with E-state index in [9.17, 15) is 4.79 Å². The Morgan fingerprint density at radius 3 is 2.90 bits per heavy atom. The number of hydrogen-bond acceptors (Lipinski definition) is 5. The summed E-state index contributed by atoms with van der Waals surface area (Å²) in [6, 6.07) is 3.76. The van der Waals surface area contributed by atoms with Gasteiger partial charge in [0.15, 0.2) is 0 Å². The van der Waals surface area contributed by atoms with Crippen LogP contribution >= 0.6 is 11.3 Å². The second kappa shape index (κ2) is 6.67. The van der Waals surface area contributed by atoms with E-state index in [0.717, 1.165) is 43.2 Å². The molecule has 21 heavy (non-hydrogen) atoms. The molecule has 0 aromatic carbocycles. The van der Waals surface area contributed by atoms with E-state index in [1.165, 1.54) is 11.3 Å². The van der Waals surface area contributed by atoms with Crippen LogP contribution in [-0.4, -0.2) is 35.5 Å². The molecule has 0 atom stereocenters. The van der Waals surface area contributed by atoms with Crippen LogP contribution in [0.5, 0.6) is 0 Å². The lowest BCUT2D eigenvalue weighted by molar-refractivity contribution is 0.0949. The van der Waals surface area contributed by atoms with Gasteiger partial charge in [-0.1, -0.05) is 6.07 Å². The highest BCUT2D eigenvalue weighted by Crippen LogP contribution is 2.20. The molecule has 6 heteroatoms. The van der Waals surface area contributed by atoms with E-state index in [1.807, 2.05) is 17.5 Å². The van der Waals surface area contributed by atoms with Crippen molar-refractivity contribution in [1.82, 2.24) is 15.3 Å². The van der Waals surface area contributed by atoms with Crippen LogP contribution in [0.15, 0.2) is 36.1 Å². The number of carbonyl (C=O) groups excluding carboxylic acids is 1. The third-order valence-electron chi connectivity index (χ3n) is 3.78. The Bertz CT molecular complexity index is 565. The minimum Gasteiger partial charge on any atom is -0.355 e. The predicted molar refractivity (Wildman–Crippen MR) is 83.6 cm³/mol. The maximum absolute atomic E-state index is 11.9. The summed E-state index contributed by atoms with van der Waals surface area (Å²) in [5, 5.41) is 4.96. The zero-order valence-electron chi connectivity index (χ0n) is 11.7. The lowest BCUT2D eigenvalue weighted by Gasteiger charge is -2.32. The fourth-order valence-corrected chi connectivity index (χ4v) is 3.19. The molecule has 3 rings (SSSR count). The van der Waals surface area contributed by atoms with Gasteiger partial charge in [-0.15, -0.1) is 11.3 Å². The molecule has 0 saturated carbocycles. The lowest BCUT2D eigenvalue weighted by atomic mass is 9.97. The molecule has 3 heterocycles. The van der Waals surface area contributed by atoms with Crippen molar-refractivity contribution >= 4 is 23.1 Å². The van der Waals surface area contributed by atoms with Gasteiger partial charge >= 0.3 is 0 Å². The Morgan fingerprint density at radius 1 is 1.38 bits per heavy atom. The number of aromatic nitrogens is 2. The van der Waals surface area contributed by atoms with Gasteiger partial charge in [-0.3, -0.25) is 9.78 Å². The van der Waals surface area contributed by atoms with Crippen molar-refractivity contribution in [1.29, 1.82) is 0 Å². The number of piperidine rings is 1. The molecule has 0 aliphatic carbocycles. The van der Waals surface area contributed by atoms with Crippen LogP contribution in [0, 0.1) is 5.92 Å². The Balaban J connectivity index is 1.45. The van der Waals surface area contributed by atoms with Gasteiger partial charge in [0.1, 0.15) is 5.82 Å². The molecule has 1 aliphatic rings. The summed E-state index contributed by atoms with van der Waals surface area (Å²) in [7, 11) is 0. The molecule has 2 aromatic heterocycles. The predicted octanol–water partition coefficient (Wildman–Crippen LogP) is 2.18. The summed E-state index contributed by atoms with van der Waals surface area (Å²) in [5.74, 6) is 1.53. The first-order chi connectivity index (χ1) is 10.3. The van der Waals surface area contributed by atoms with Crippen LogP contribution in [-0.2, 0) is 0 Å². The van der Waals surface area contributed by atoms with E-state index in [1.54, 1.807) is 18.6 Å². The van der Waals surface area contributed by atoms with Gasteiger partial charge in [-0.05, 0) is 30.2 Å². The Morgan fingerprint density at radius 2 is 2.24 bits per heavy atom. The molecular weight excluding hydrogens is 284 g/mol. The minimum absolute atomic E-state index is 0.0429. The normalized spacial score (nSPS) is 15.9. The van der Waals surface area contributed by atoms with Gasteiger partial charge in [0.05, 0.1) is 11.1 Å². The summed E-state index contributed by atoms with van der Waals surface area (Å²) < 4.78 is 0. The van der Waals surface area contributed by atoms with E-state index in [0.29, 0.717) is 5.92 Å². The van der Waals surface area contributed by atoms with Crippen LogP contribution < -0.4 is 10.2 Å². The van der Waals surface area contributed by atoms with E-state index in [2.05, 4.69) is 20.2 Å². The highest BCUT2D eigenvalue weighted by atomic mass is 32.1. The molecule has 1 N–H and O–H groups in total. The van der Waals surface area contributed by atoms with Crippen LogP contribution in [0.2, 0.25) is 0 Å². The molecule has 1 amide bonds. The number of rotatable bonds is 4. The molecule has 0 radical (unpaired) electrons. The molecule has 1 fully saturated rings. The smallest absolute Gasteiger partial charge is 0.261 e. The van der Waals surface area contributed by atoms with Gasteiger partial charge in [0.2, 0.25) is 0 Å². The minimum atomic E-state index is 0.0429. The highest BCUT2D eigenvalue weighted by Gasteiger charge is 2.20. The third-order valence-corrected chi connectivity index (χ3v) is 4.65. The number of carbonyl (C=O) groups is 1. The summed E-state index contributed by atoms with van der Waals surface area (Å²) in [4.78, 5) is 23.4. The van der Waals surface area contributed by atoms with E-state index in [-0.39, 0.29) is 5.91 Å². The van der Waals surface area contributed by atoms with Crippen molar-refractivity contribution in [3.8, 4) is 0 Å². The Labute approximate surface area is 128 Å². The maximum Gasteiger partial charge on any atom is 0.261 e. The van der Waals surface area contributed by atoms with Crippen molar-refractivity contribution < 1.29 is 4.79 Å². The summed E-state index contributed by atoms with van der Waals surface area (Å²) in [5.41, 5.74) is 0. The molecule has 1 aliphatic heterocycles. The monoisotopic (exact) mass is 302 g/mol. The zero-order valence-corrected chi connectivity index (χ0v) is 12.6. The van der Waals surface area contributed by atoms with Crippen molar-refractivity contribution in [2.45, 2.75) is 12.8 Å². The van der Waals surface area contributed by atoms with Gasteiger partial charge in [0.25, 0.3) is 5.91 Å². The molecule has 0 spiro atoms. The first kappa shape index (κ1) is 14.0. The molecular formula is C15H18N4OS. The highest BCUT2D eigenvalue weighted by molar-refractivity contribution is 7.12. The number of anilines is 1. The summed E-state index contributed by atoms with van der Waals surface area (Å²) >= 11 is 1.48. The molecule has 5 nitrogen and oxygen atoms in total. The second-order valence-electron chi connectivity index (χ2n) is 5.18. The number of thiophene rings is 1. The number of nitrogens with zero attached hydrogens (tertiary/aromatic N) is 3. The quantitative estimate of drug-likeness (QED) is 0.940. The third kappa shape index (κ3) is 3.58. The first-order valence-electron chi connectivity index (χ1n) is 7.15. The van der Waals surface area contributed by atoms with Crippen LogP contribution in [0.1, 0.15) is 22.5 Å². The van der Waals surface area contributed by atoms with Crippen LogP contribution in [0.4, 0.5) is 5.82 Å². The zero-order chi connectivity index (χ0) is 14.5. The van der Waals surface area contributed by atoms with E-state index < -0.39 is 0 Å². The largest absolute Gasteiger partial charge is 0.355 e. The molecule has 2 aromatic rings. The van der Waals surface area contributed by atoms with Gasteiger partial charge in [0, 0.05) is 32.0 Å².